The van der Waals surface area contributed by atoms with E-state index in [0.29, 0.717) is 24.3 Å². The minimum Gasteiger partial charge on any atom is -0.379 e. The first kappa shape index (κ1) is 20.0. The van der Waals surface area contributed by atoms with Gasteiger partial charge < -0.3 is 19.9 Å². The normalized spacial score (nSPS) is 23.6. The molecular weight excluding hydrogens is 428 g/mol. The average Bonchev–Trinajstić information content (AvgIpc) is 3.76. The minimum atomic E-state index is 0.0501. The third kappa shape index (κ3) is 3.52. The number of amides is 2. The molecule has 2 unspecified atom stereocenters. The van der Waals surface area contributed by atoms with Gasteiger partial charge in [-0.05, 0) is 68.6 Å². The summed E-state index contributed by atoms with van der Waals surface area (Å²) >= 11 is 0. The van der Waals surface area contributed by atoms with Crippen LogP contribution in [-0.4, -0.2) is 32.2 Å². The Balaban J connectivity index is 1.15. The summed E-state index contributed by atoms with van der Waals surface area (Å²) in [5.74, 6) is 1.82. The summed E-state index contributed by atoms with van der Waals surface area (Å²) in [7, 11) is 0. The Kier molecular flexibility index (Phi) is 4.44. The number of nitrogens with zero attached hydrogens (tertiary/aromatic N) is 4. The Morgan fingerprint density at radius 2 is 1.91 bits per heavy atom. The topological polar surface area (TPSA) is 91.6 Å². The maximum absolute atomic E-state index is 13.0. The van der Waals surface area contributed by atoms with Gasteiger partial charge in [0.2, 0.25) is 11.8 Å². The summed E-state index contributed by atoms with van der Waals surface area (Å²) < 4.78 is 2.10. The van der Waals surface area contributed by atoms with Crippen LogP contribution in [0.5, 0.6) is 0 Å². The lowest BCUT2D eigenvalue weighted by Gasteiger charge is -2.28. The zero-order chi connectivity index (χ0) is 22.8. The molecule has 4 fully saturated rings. The molecular formula is C26H28N6O2. The Morgan fingerprint density at radius 3 is 2.68 bits per heavy atom. The van der Waals surface area contributed by atoms with Crippen molar-refractivity contribution in [1.82, 2.24) is 14.4 Å². The zero-order valence-corrected chi connectivity index (χ0v) is 19.0. The highest BCUT2D eigenvalue weighted by Crippen LogP contribution is 2.46. The molecule has 2 atom stereocenters. The van der Waals surface area contributed by atoms with Gasteiger partial charge in [0.1, 0.15) is 5.82 Å². The van der Waals surface area contributed by atoms with Gasteiger partial charge in [-0.2, -0.15) is 0 Å². The third-order valence-electron chi connectivity index (χ3n) is 7.70. The number of rotatable bonds is 7. The van der Waals surface area contributed by atoms with Crippen molar-refractivity contribution in [2.45, 2.75) is 63.5 Å². The van der Waals surface area contributed by atoms with E-state index in [4.69, 9.17) is 4.98 Å². The number of aromatic nitrogens is 3. The van der Waals surface area contributed by atoms with Gasteiger partial charge in [-0.3, -0.25) is 9.59 Å². The van der Waals surface area contributed by atoms with Gasteiger partial charge in [-0.1, -0.05) is 0 Å². The number of piperidine rings is 1. The van der Waals surface area contributed by atoms with Crippen LogP contribution in [0.25, 0.3) is 5.65 Å². The zero-order valence-electron chi connectivity index (χ0n) is 19.0. The molecule has 4 heterocycles. The number of hydrogen-bond donors (Lipinski definition) is 2. The van der Waals surface area contributed by atoms with Crippen LogP contribution >= 0.6 is 0 Å². The lowest BCUT2D eigenvalue weighted by molar-refractivity contribution is -0.121. The number of carbonyl (C=O) groups is 2. The van der Waals surface area contributed by atoms with E-state index in [1.54, 1.807) is 6.20 Å². The lowest BCUT2D eigenvalue weighted by atomic mass is 10.1. The Morgan fingerprint density at radius 1 is 1.06 bits per heavy atom. The molecule has 1 aliphatic heterocycles. The summed E-state index contributed by atoms with van der Waals surface area (Å²) in [6.45, 7) is 0.542. The molecule has 8 nitrogen and oxygen atoms in total. The van der Waals surface area contributed by atoms with Gasteiger partial charge >= 0.3 is 0 Å². The molecule has 34 heavy (non-hydrogen) atoms. The van der Waals surface area contributed by atoms with Crippen LogP contribution in [0.4, 0.5) is 17.2 Å². The fourth-order valence-corrected chi connectivity index (χ4v) is 5.54. The predicted molar refractivity (Wildman–Crippen MR) is 129 cm³/mol. The molecule has 1 saturated heterocycles. The van der Waals surface area contributed by atoms with Crippen LogP contribution in [0.3, 0.4) is 0 Å². The monoisotopic (exact) mass is 456 g/mol. The van der Waals surface area contributed by atoms with Gasteiger partial charge in [0, 0.05) is 48.2 Å². The SMILES string of the molecule is O=C(Nc1cc(NCc2cn3cc(C4CC4)cc(N4C(=O)C5CCC4C5)c3n2)ccn1)C1CC1. The smallest absolute Gasteiger partial charge is 0.230 e. The molecule has 3 saturated carbocycles. The van der Waals surface area contributed by atoms with Gasteiger partial charge in [-0.15, -0.1) is 0 Å². The molecule has 0 spiro atoms. The summed E-state index contributed by atoms with van der Waals surface area (Å²) in [4.78, 5) is 36.3. The van der Waals surface area contributed by atoms with Crippen molar-refractivity contribution in [2.24, 2.45) is 11.8 Å². The van der Waals surface area contributed by atoms with Gasteiger partial charge in [0.15, 0.2) is 5.65 Å². The van der Waals surface area contributed by atoms with Crippen LogP contribution in [0, 0.1) is 11.8 Å². The number of nitrogens with one attached hydrogen (secondary N) is 2. The Hall–Kier alpha value is -3.42. The minimum absolute atomic E-state index is 0.0501. The highest BCUT2D eigenvalue weighted by Gasteiger charge is 2.46. The maximum Gasteiger partial charge on any atom is 0.230 e. The van der Waals surface area contributed by atoms with Gasteiger partial charge in [0.25, 0.3) is 0 Å². The van der Waals surface area contributed by atoms with Crippen LogP contribution in [-0.2, 0) is 16.1 Å². The molecule has 0 radical (unpaired) electrons. The number of anilines is 3. The number of carbonyl (C=O) groups excluding carboxylic acids is 2. The van der Waals surface area contributed by atoms with E-state index in [2.05, 4.69) is 38.5 Å². The van der Waals surface area contributed by atoms with Crippen molar-refractivity contribution < 1.29 is 9.59 Å². The molecule has 0 aromatic carbocycles. The van der Waals surface area contributed by atoms with E-state index >= 15 is 0 Å². The maximum atomic E-state index is 13.0. The lowest BCUT2D eigenvalue weighted by Crippen LogP contribution is -2.37. The molecule has 4 aliphatic rings. The number of imidazole rings is 1. The van der Waals surface area contributed by atoms with Crippen molar-refractivity contribution in [3.8, 4) is 0 Å². The van der Waals surface area contributed by atoms with Crippen molar-refractivity contribution in [2.75, 3.05) is 15.5 Å². The van der Waals surface area contributed by atoms with Crippen LogP contribution < -0.4 is 15.5 Å². The molecule has 2 amide bonds. The predicted octanol–water partition coefficient (Wildman–Crippen LogP) is 4.08. The molecule has 3 aromatic heterocycles. The second-order valence-corrected chi connectivity index (χ2v) is 10.3. The second kappa shape index (κ2) is 7.55. The van der Waals surface area contributed by atoms with E-state index < -0.39 is 0 Å². The van der Waals surface area contributed by atoms with Gasteiger partial charge in [-0.25, -0.2) is 9.97 Å². The van der Waals surface area contributed by atoms with Gasteiger partial charge in [0.05, 0.1) is 17.9 Å². The van der Waals surface area contributed by atoms with E-state index in [1.807, 2.05) is 17.0 Å². The molecule has 8 heteroatoms. The second-order valence-electron chi connectivity index (χ2n) is 10.3. The number of hydrogen-bond acceptors (Lipinski definition) is 5. The molecule has 3 aliphatic carbocycles. The van der Waals surface area contributed by atoms with E-state index in [-0.39, 0.29) is 23.7 Å². The highest BCUT2D eigenvalue weighted by molar-refractivity contribution is 6.02. The average molecular weight is 457 g/mol. The third-order valence-corrected chi connectivity index (χ3v) is 7.70. The van der Waals surface area contributed by atoms with Crippen molar-refractivity contribution >= 4 is 34.7 Å². The van der Waals surface area contributed by atoms with Crippen molar-refractivity contribution in [3.05, 3.63) is 48.0 Å². The molecule has 2 N–H and O–H groups in total. The largest absolute Gasteiger partial charge is 0.379 e. The Labute approximate surface area is 197 Å². The van der Waals surface area contributed by atoms with Crippen LogP contribution in [0.15, 0.2) is 36.8 Å². The first-order valence-corrected chi connectivity index (χ1v) is 12.5. The highest BCUT2D eigenvalue weighted by atomic mass is 16.2. The fraction of sp³-hybridized carbons (Fsp3) is 0.462. The molecule has 3 aromatic rings. The standard InChI is InChI=1S/C26H28N6O2/c33-25(16-3-4-16)30-23-11-19(7-8-27-23)28-12-20-14-31-13-18(15-1-2-15)10-22(24(31)29-20)32-21-6-5-17(9-21)26(32)34/h7-8,10-11,13-17,21H,1-6,9,12H2,(H2,27,28,30,33). The molecule has 174 valence electrons. The summed E-state index contributed by atoms with van der Waals surface area (Å²) in [5.41, 5.74) is 4.92. The van der Waals surface area contributed by atoms with Crippen molar-refractivity contribution in [1.29, 1.82) is 0 Å². The summed E-state index contributed by atoms with van der Waals surface area (Å²) in [6.07, 6.45) is 13.4. The van der Waals surface area contributed by atoms with E-state index in [1.165, 1.54) is 18.4 Å². The first-order chi connectivity index (χ1) is 16.6. The summed E-state index contributed by atoms with van der Waals surface area (Å²) in [6, 6.07) is 6.27. The first-order valence-electron chi connectivity index (χ1n) is 12.5. The van der Waals surface area contributed by atoms with E-state index in [9.17, 15) is 9.59 Å². The van der Waals surface area contributed by atoms with Crippen LogP contribution in [0.1, 0.15) is 62.1 Å². The van der Waals surface area contributed by atoms with Crippen LogP contribution in [0.2, 0.25) is 0 Å². The summed E-state index contributed by atoms with van der Waals surface area (Å²) in [5, 5.41) is 6.30. The van der Waals surface area contributed by atoms with E-state index in [0.717, 1.165) is 54.8 Å². The molecule has 7 rings (SSSR count). The fourth-order valence-electron chi connectivity index (χ4n) is 5.54. The Bertz CT molecular complexity index is 1310. The number of fused-ring (bicyclic) bond motifs is 3. The van der Waals surface area contributed by atoms with Crippen molar-refractivity contribution in [3.63, 3.8) is 0 Å². The number of pyridine rings is 2. The molecule has 2 bridgehead atoms. The quantitative estimate of drug-likeness (QED) is 0.559.